The summed E-state index contributed by atoms with van der Waals surface area (Å²) in [6.45, 7) is 0. The van der Waals surface area contributed by atoms with Crippen molar-refractivity contribution in [2.24, 2.45) is 0 Å². The van der Waals surface area contributed by atoms with Gasteiger partial charge in [-0.05, 0) is 0 Å². The van der Waals surface area contributed by atoms with Crippen LogP contribution in [0.25, 0.3) is 0 Å². The fourth-order valence-corrected chi connectivity index (χ4v) is 2.00. The molecule has 3 nitrogen and oxygen atoms in total. The Kier molecular flexibility index (Phi) is 3.58. The van der Waals surface area contributed by atoms with Crippen LogP contribution in [0.1, 0.15) is 0 Å². The highest BCUT2D eigenvalue weighted by Crippen LogP contribution is 2.31. The Bertz CT molecular complexity index is 507. The summed E-state index contributed by atoms with van der Waals surface area (Å²) in [4.78, 5) is 11.8. The summed E-state index contributed by atoms with van der Waals surface area (Å²) in [5, 5.41) is 1.25. The van der Waals surface area contributed by atoms with Crippen molar-refractivity contribution in [3.63, 3.8) is 0 Å². The lowest BCUT2D eigenvalue weighted by Gasteiger charge is -2.02. The zero-order chi connectivity index (χ0) is 11.5. The van der Waals surface area contributed by atoms with E-state index in [0.717, 1.165) is 0 Å². The van der Waals surface area contributed by atoms with Crippen molar-refractivity contribution in [3.8, 4) is 0 Å². The van der Waals surface area contributed by atoms with E-state index in [4.69, 9.17) is 23.2 Å². The highest BCUT2D eigenvalue weighted by molar-refractivity contribution is 7.99. The molecule has 2 heterocycles. The number of hydrogen-bond donors (Lipinski definition) is 0. The zero-order valence-electron chi connectivity index (χ0n) is 7.69. The molecule has 0 N–H and O–H groups in total. The summed E-state index contributed by atoms with van der Waals surface area (Å²) < 4.78 is 12.9. The first-order valence-electron chi connectivity index (χ1n) is 4.11. The smallest absolute Gasteiger partial charge is 0.214 e. The third-order valence-corrected chi connectivity index (χ3v) is 3.18. The van der Waals surface area contributed by atoms with Crippen molar-refractivity contribution in [3.05, 3.63) is 40.8 Å². The van der Waals surface area contributed by atoms with E-state index in [1.54, 1.807) is 0 Å². The van der Waals surface area contributed by atoms with Gasteiger partial charge in [-0.15, -0.1) is 0 Å². The molecule has 0 radical (unpaired) electrons. The second kappa shape index (κ2) is 4.95. The fourth-order valence-electron chi connectivity index (χ4n) is 0.940. The molecule has 0 amide bonds. The van der Waals surface area contributed by atoms with Crippen LogP contribution in [0.5, 0.6) is 0 Å². The Morgan fingerprint density at radius 2 is 1.88 bits per heavy atom. The third-order valence-electron chi connectivity index (χ3n) is 1.60. The van der Waals surface area contributed by atoms with Gasteiger partial charge in [0.05, 0.1) is 17.4 Å². The van der Waals surface area contributed by atoms with E-state index in [9.17, 15) is 4.39 Å². The predicted molar refractivity (Wildman–Crippen MR) is 60.4 cm³/mol. The molecule has 2 aromatic rings. The van der Waals surface area contributed by atoms with Crippen LogP contribution in [-0.4, -0.2) is 15.0 Å². The van der Waals surface area contributed by atoms with Gasteiger partial charge in [-0.25, -0.2) is 15.0 Å². The van der Waals surface area contributed by atoms with Gasteiger partial charge in [0.25, 0.3) is 0 Å². The second-order valence-corrected chi connectivity index (χ2v) is 4.57. The number of halogens is 3. The lowest BCUT2D eigenvalue weighted by molar-refractivity contribution is 0.580. The van der Waals surface area contributed by atoms with Crippen molar-refractivity contribution in [1.29, 1.82) is 0 Å². The second-order valence-electron chi connectivity index (χ2n) is 2.72. The van der Waals surface area contributed by atoms with Gasteiger partial charge in [0.2, 0.25) is 5.95 Å². The molecule has 0 aliphatic rings. The van der Waals surface area contributed by atoms with Gasteiger partial charge in [-0.1, -0.05) is 35.0 Å². The molecule has 0 aromatic carbocycles. The first-order chi connectivity index (χ1) is 7.65. The lowest BCUT2D eigenvalue weighted by Crippen LogP contribution is -1.86. The molecule has 0 spiro atoms. The maximum Gasteiger partial charge on any atom is 0.214 e. The molecule has 82 valence electrons. The average molecular weight is 276 g/mol. The standard InChI is InChI=1S/C9H4Cl2FN3S/c10-5-2-14-8(12)1-6(5)16-9-4-13-7(11)3-15-9/h1-4H. The van der Waals surface area contributed by atoms with Crippen molar-refractivity contribution in [1.82, 2.24) is 15.0 Å². The minimum Gasteiger partial charge on any atom is -0.245 e. The topological polar surface area (TPSA) is 38.7 Å². The number of hydrogen-bond acceptors (Lipinski definition) is 4. The van der Waals surface area contributed by atoms with Crippen LogP contribution < -0.4 is 0 Å². The summed E-state index contributed by atoms with van der Waals surface area (Å²) in [5.74, 6) is -0.589. The molecule has 0 aliphatic heterocycles. The van der Waals surface area contributed by atoms with Crippen LogP contribution in [0.3, 0.4) is 0 Å². The molecule has 0 atom stereocenters. The van der Waals surface area contributed by atoms with Gasteiger partial charge in [0.1, 0.15) is 10.2 Å². The van der Waals surface area contributed by atoms with E-state index < -0.39 is 5.95 Å². The van der Waals surface area contributed by atoms with Crippen molar-refractivity contribution in [2.75, 3.05) is 0 Å². The molecule has 7 heteroatoms. The molecule has 0 saturated heterocycles. The summed E-state index contributed by atoms with van der Waals surface area (Å²) >= 11 is 12.6. The van der Waals surface area contributed by atoms with Crippen LogP contribution in [0, 0.1) is 5.95 Å². The molecule has 2 rings (SSSR count). The van der Waals surface area contributed by atoms with Crippen LogP contribution in [0.15, 0.2) is 34.6 Å². The molecule has 0 unspecified atom stereocenters. The molecule has 0 aliphatic carbocycles. The van der Waals surface area contributed by atoms with Crippen LogP contribution in [-0.2, 0) is 0 Å². The molecule has 0 saturated carbocycles. The molecule has 2 aromatic heterocycles. The first-order valence-corrected chi connectivity index (χ1v) is 5.69. The van der Waals surface area contributed by atoms with Crippen LogP contribution in [0.2, 0.25) is 10.2 Å². The number of aromatic nitrogens is 3. The lowest BCUT2D eigenvalue weighted by atomic mass is 10.5. The maximum absolute atomic E-state index is 12.9. The zero-order valence-corrected chi connectivity index (χ0v) is 10.0. The fraction of sp³-hybridized carbons (Fsp3) is 0. The highest BCUT2D eigenvalue weighted by Gasteiger charge is 2.06. The number of nitrogens with zero attached hydrogens (tertiary/aromatic N) is 3. The van der Waals surface area contributed by atoms with Gasteiger partial charge in [-0.3, -0.25) is 0 Å². The Morgan fingerprint density at radius 3 is 2.56 bits per heavy atom. The average Bonchev–Trinajstić information content (AvgIpc) is 2.27. The van der Waals surface area contributed by atoms with Crippen molar-refractivity contribution < 1.29 is 4.39 Å². The van der Waals surface area contributed by atoms with Crippen LogP contribution >= 0.6 is 35.0 Å². The van der Waals surface area contributed by atoms with E-state index in [2.05, 4.69) is 15.0 Å². The quantitative estimate of drug-likeness (QED) is 0.787. The Hall–Kier alpha value is -0.910. The summed E-state index contributed by atoms with van der Waals surface area (Å²) in [5.41, 5.74) is 0. The maximum atomic E-state index is 12.9. The van der Waals surface area contributed by atoms with E-state index in [1.165, 1.54) is 36.4 Å². The molecular weight excluding hydrogens is 272 g/mol. The van der Waals surface area contributed by atoms with E-state index in [0.29, 0.717) is 20.1 Å². The summed E-state index contributed by atoms with van der Waals surface area (Å²) in [6.07, 6.45) is 4.15. The Balaban J connectivity index is 2.26. The summed E-state index contributed by atoms with van der Waals surface area (Å²) in [7, 11) is 0. The minimum absolute atomic E-state index is 0.302. The molecule has 16 heavy (non-hydrogen) atoms. The summed E-state index contributed by atoms with van der Waals surface area (Å²) in [6, 6.07) is 1.24. The van der Waals surface area contributed by atoms with Gasteiger partial charge >= 0.3 is 0 Å². The number of rotatable bonds is 2. The molecular formula is C9H4Cl2FN3S. The molecule has 0 fully saturated rings. The third kappa shape index (κ3) is 2.81. The van der Waals surface area contributed by atoms with Gasteiger partial charge < -0.3 is 0 Å². The highest BCUT2D eigenvalue weighted by atomic mass is 35.5. The van der Waals surface area contributed by atoms with Crippen LogP contribution in [0.4, 0.5) is 4.39 Å². The molecule has 0 bridgehead atoms. The normalized spacial score (nSPS) is 10.4. The van der Waals surface area contributed by atoms with E-state index in [1.807, 2.05) is 0 Å². The first kappa shape index (κ1) is 11.6. The van der Waals surface area contributed by atoms with Gasteiger partial charge in [0, 0.05) is 17.2 Å². The predicted octanol–water partition coefficient (Wildman–Crippen LogP) is 3.47. The van der Waals surface area contributed by atoms with Gasteiger partial charge in [0.15, 0.2) is 0 Å². The van der Waals surface area contributed by atoms with E-state index in [-0.39, 0.29) is 0 Å². The Morgan fingerprint density at radius 1 is 1.06 bits per heavy atom. The Labute approximate surface area is 105 Å². The van der Waals surface area contributed by atoms with Crippen molar-refractivity contribution in [2.45, 2.75) is 9.92 Å². The monoisotopic (exact) mass is 275 g/mol. The van der Waals surface area contributed by atoms with E-state index >= 15 is 0 Å². The largest absolute Gasteiger partial charge is 0.245 e. The van der Waals surface area contributed by atoms with Gasteiger partial charge in [-0.2, -0.15) is 4.39 Å². The number of pyridine rings is 1. The minimum atomic E-state index is -0.589. The van der Waals surface area contributed by atoms with Crippen molar-refractivity contribution >= 4 is 35.0 Å². The SMILES string of the molecule is Fc1cc(Sc2cnc(Cl)cn2)c(Cl)cn1.